The number of halogens is 1. The van der Waals surface area contributed by atoms with Gasteiger partial charge in [0.15, 0.2) is 0 Å². The topological polar surface area (TPSA) is 24.9 Å². The van der Waals surface area contributed by atoms with Crippen molar-refractivity contribution in [3.63, 3.8) is 0 Å². The molecule has 2 nitrogen and oxygen atoms in total. The largest absolute Gasteiger partial charge is 0.382 e. The van der Waals surface area contributed by atoms with Crippen LogP contribution in [-0.2, 0) is 0 Å². The molecule has 0 aliphatic heterocycles. The van der Waals surface area contributed by atoms with E-state index in [-0.39, 0.29) is 0 Å². The zero-order chi connectivity index (χ0) is 10.4. The van der Waals surface area contributed by atoms with Crippen LogP contribution in [0.15, 0.2) is 18.3 Å². The first-order chi connectivity index (χ1) is 6.72. The first-order valence-corrected chi connectivity index (χ1v) is 5.10. The predicted molar refractivity (Wildman–Crippen MR) is 56.8 cm³/mol. The van der Waals surface area contributed by atoms with Crippen molar-refractivity contribution in [2.75, 3.05) is 5.32 Å². The number of nitrogens with one attached hydrogen (secondary N) is 1. The lowest BCUT2D eigenvalue weighted by Crippen LogP contribution is -2.14. The number of pyridine rings is 1. The molecular formula is C11H17FN2. The summed E-state index contributed by atoms with van der Waals surface area (Å²) >= 11 is 0. The van der Waals surface area contributed by atoms with Crippen molar-refractivity contribution in [1.82, 2.24) is 4.98 Å². The molecule has 0 saturated heterocycles. The first-order valence-electron chi connectivity index (χ1n) is 5.10. The molecule has 1 unspecified atom stereocenters. The highest BCUT2D eigenvalue weighted by Gasteiger charge is 2.01. The molecule has 1 heterocycles. The van der Waals surface area contributed by atoms with Crippen molar-refractivity contribution in [3.05, 3.63) is 24.3 Å². The van der Waals surface area contributed by atoms with E-state index in [1.807, 2.05) is 0 Å². The SMILES string of the molecule is CCCCC(C)Nc1ccnc(F)c1. The van der Waals surface area contributed by atoms with Crippen molar-refractivity contribution >= 4 is 5.69 Å². The van der Waals surface area contributed by atoms with Gasteiger partial charge in [0.25, 0.3) is 0 Å². The van der Waals surface area contributed by atoms with Gasteiger partial charge in [0.2, 0.25) is 5.95 Å². The minimum Gasteiger partial charge on any atom is -0.382 e. The number of hydrogen-bond acceptors (Lipinski definition) is 2. The van der Waals surface area contributed by atoms with Crippen LogP contribution in [-0.4, -0.2) is 11.0 Å². The number of rotatable bonds is 5. The monoisotopic (exact) mass is 196 g/mol. The van der Waals surface area contributed by atoms with E-state index < -0.39 is 5.95 Å². The Morgan fingerprint density at radius 3 is 3.00 bits per heavy atom. The average molecular weight is 196 g/mol. The van der Waals surface area contributed by atoms with Gasteiger partial charge in [0.05, 0.1) is 0 Å². The number of hydrogen-bond donors (Lipinski definition) is 1. The van der Waals surface area contributed by atoms with Gasteiger partial charge in [0, 0.05) is 24.0 Å². The normalized spacial score (nSPS) is 12.5. The molecule has 0 aliphatic carbocycles. The molecule has 1 aromatic rings. The van der Waals surface area contributed by atoms with Crippen LogP contribution in [0.2, 0.25) is 0 Å². The Labute approximate surface area is 84.6 Å². The minimum absolute atomic E-state index is 0.386. The Hall–Kier alpha value is -1.12. The quantitative estimate of drug-likeness (QED) is 0.731. The summed E-state index contributed by atoms with van der Waals surface area (Å²) in [4.78, 5) is 3.50. The van der Waals surface area contributed by atoms with Crippen molar-refractivity contribution in [2.45, 2.75) is 39.2 Å². The third-order valence-electron chi connectivity index (χ3n) is 2.13. The van der Waals surface area contributed by atoms with E-state index >= 15 is 0 Å². The average Bonchev–Trinajstić information content (AvgIpc) is 2.15. The number of unbranched alkanes of at least 4 members (excludes halogenated alkanes) is 1. The third-order valence-corrected chi connectivity index (χ3v) is 2.13. The maximum Gasteiger partial charge on any atom is 0.214 e. The molecule has 1 N–H and O–H groups in total. The Balaban J connectivity index is 2.43. The van der Waals surface area contributed by atoms with Crippen molar-refractivity contribution in [3.8, 4) is 0 Å². The molecule has 0 amide bonds. The second-order valence-electron chi connectivity index (χ2n) is 3.55. The predicted octanol–water partition coefficient (Wildman–Crippen LogP) is 3.21. The highest BCUT2D eigenvalue weighted by Crippen LogP contribution is 2.11. The van der Waals surface area contributed by atoms with Crippen LogP contribution in [0.5, 0.6) is 0 Å². The summed E-state index contributed by atoms with van der Waals surface area (Å²) in [7, 11) is 0. The molecule has 0 aliphatic rings. The Morgan fingerprint density at radius 2 is 2.36 bits per heavy atom. The number of anilines is 1. The third kappa shape index (κ3) is 3.73. The molecule has 78 valence electrons. The van der Waals surface area contributed by atoms with Crippen LogP contribution in [0.25, 0.3) is 0 Å². The van der Waals surface area contributed by atoms with E-state index in [1.165, 1.54) is 25.1 Å². The molecule has 14 heavy (non-hydrogen) atoms. The van der Waals surface area contributed by atoms with Crippen LogP contribution < -0.4 is 5.32 Å². The van der Waals surface area contributed by atoms with E-state index in [4.69, 9.17) is 0 Å². The van der Waals surface area contributed by atoms with Crippen LogP contribution in [0.1, 0.15) is 33.1 Å². The van der Waals surface area contributed by atoms with Crippen LogP contribution in [0.3, 0.4) is 0 Å². The summed E-state index contributed by atoms with van der Waals surface area (Å²) in [5.74, 6) is -0.433. The molecule has 3 heteroatoms. The van der Waals surface area contributed by atoms with Gasteiger partial charge in [-0.25, -0.2) is 4.98 Å². The molecule has 0 spiro atoms. The van der Waals surface area contributed by atoms with E-state index in [0.29, 0.717) is 6.04 Å². The highest BCUT2D eigenvalue weighted by atomic mass is 19.1. The number of nitrogens with zero attached hydrogens (tertiary/aromatic N) is 1. The van der Waals surface area contributed by atoms with E-state index in [2.05, 4.69) is 24.1 Å². The van der Waals surface area contributed by atoms with Crippen molar-refractivity contribution < 1.29 is 4.39 Å². The second kappa shape index (κ2) is 5.58. The Kier molecular flexibility index (Phi) is 4.36. The van der Waals surface area contributed by atoms with Gasteiger partial charge < -0.3 is 5.32 Å². The Morgan fingerprint density at radius 1 is 1.57 bits per heavy atom. The van der Waals surface area contributed by atoms with Gasteiger partial charge in [0.1, 0.15) is 0 Å². The molecule has 1 aromatic heterocycles. The fourth-order valence-electron chi connectivity index (χ4n) is 1.36. The second-order valence-corrected chi connectivity index (χ2v) is 3.55. The summed E-state index contributed by atoms with van der Waals surface area (Å²) in [6.07, 6.45) is 4.98. The summed E-state index contributed by atoms with van der Waals surface area (Å²) in [6.45, 7) is 4.27. The smallest absolute Gasteiger partial charge is 0.214 e. The molecule has 0 fully saturated rings. The van der Waals surface area contributed by atoms with E-state index in [9.17, 15) is 4.39 Å². The minimum atomic E-state index is -0.433. The van der Waals surface area contributed by atoms with Gasteiger partial charge in [-0.05, 0) is 19.4 Å². The van der Waals surface area contributed by atoms with Gasteiger partial charge >= 0.3 is 0 Å². The molecule has 1 rings (SSSR count). The van der Waals surface area contributed by atoms with Crippen LogP contribution in [0, 0.1) is 5.95 Å². The zero-order valence-corrected chi connectivity index (χ0v) is 8.76. The van der Waals surface area contributed by atoms with E-state index in [0.717, 1.165) is 12.1 Å². The molecule has 0 bridgehead atoms. The lowest BCUT2D eigenvalue weighted by Gasteiger charge is -2.14. The van der Waals surface area contributed by atoms with Gasteiger partial charge in [-0.3, -0.25) is 0 Å². The molecule has 0 radical (unpaired) electrons. The van der Waals surface area contributed by atoms with Gasteiger partial charge in [-0.15, -0.1) is 0 Å². The standard InChI is InChI=1S/C11H17FN2/c1-3-4-5-9(2)14-10-6-7-13-11(12)8-10/h6-9H,3-5H2,1-2H3,(H,13,14). The van der Waals surface area contributed by atoms with Gasteiger partial charge in [-0.2, -0.15) is 4.39 Å². The lowest BCUT2D eigenvalue weighted by atomic mass is 10.1. The zero-order valence-electron chi connectivity index (χ0n) is 8.76. The molecule has 1 atom stereocenters. The van der Waals surface area contributed by atoms with Crippen LogP contribution >= 0.6 is 0 Å². The summed E-state index contributed by atoms with van der Waals surface area (Å²) in [6, 6.07) is 3.59. The highest BCUT2D eigenvalue weighted by molar-refractivity contribution is 5.41. The van der Waals surface area contributed by atoms with Gasteiger partial charge in [-0.1, -0.05) is 19.8 Å². The van der Waals surface area contributed by atoms with E-state index in [1.54, 1.807) is 6.07 Å². The van der Waals surface area contributed by atoms with Crippen molar-refractivity contribution in [2.24, 2.45) is 0 Å². The number of aromatic nitrogens is 1. The molecule has 0 saturated carbocycles. The fraction of sp³-hybridized carbons (Fsp3) is 0.545. The lowest BCUT2D eigenvalue weighted by molar-refractivity contribution is 0.583. The van der Waals surface area contributed by atoms with Crippen LogP contribution in [0.4, 0.5) is 10.1 Å². The summed E-state index contributed by atoms with van der Waals surface area (Å²) in [5.41, 5.74) is 0.807. The first kappa shape index (κ1) is 11.0. The van der Waals surface area contributed by atoms with Crippen molar-refractivity contribution in [1.29, 1.82) is 0 Å². The fourth-order valence-corrected chi connectivity index (χ4v) is 1.36. The maximum atomic E-state index is 12.7. The maximum absolute atomic E-state index is 12.7. The molecular weight excluding hydrogens is 179 g/mol. The summed E-state index contributed by atoms with van der Waals surface area (Å²) in [5, 5.41) is 3.24. The Bertz CT molecular complexity index is 276. The summed E-state index contributed by atoms with van der Waals surface area (Å²) < 4.78 is 12.7. The molecule has 0 aromatic carbocycles.